The van der Waals surface area contributed by atoms with Gasteiger partial charge in [-0.1, -0.05) is 18.2 Å². The van der Waals surface area contributed by atoms with Crippen molar-refractivity contribution in [1.82, 2.24) is 4.68 Å². The molecule has 1 saturated heterocycles. The van der Waals surface area contributed by atoms with Gasteiger partial charge in [0.2, 0.25) is 16.9 Å². The van der Waals surface area contributed by atoms with Crippen LogP contribution in [0.4, 0.5) is 8.78 Å². The number of aliphatic hydroxyl groups is 2. The fraction of sp³-hybridized carbons (Fsp3) is 0.345. The number of hydrogen-bond donors (Lipinski definition) is 3. The third kappa shape index (κ3) is 5.46. The predicted molar refractivity (Wildman–Crippen MR) is 149 cm³/mol. The van der Waals surface area contributed by atoms with Crippen LogP contribution >= 0.6 is 11.8 Å². The van der Waals surface area contributed by atoms with Crippen LogP contribution in [0, 0.1) is 11.6 Å². The summed E-state index contributed by atoms with van der Waals surface area (Å²) in [5.74, 6) is -2.88. The van der Waals surface area contributed by atoms with Crippen LogP contribution in [0.1, 0.15) is 41.0 Å². The van der Waals surface area contributed by atoms with Crippen LogP contribution < -0.4 is 15.6 Å². The highest BCUT2D eigenvalue weighted by Gasteiger charge is 2.46. The Kier molecular flexibility index (Phi) is 8.09. The number of esters is 1. The predicted octanol–water partition coefficient (Wildman–Crippen LogP) is 2.53. The van der Waals surface area contributed by atoms with Crippen molar-refractivity contribution in [1.29, 1.82) is 0 Å². The molecule has 2 aromatic carbocycles. The van der Waals surface area contributed by atoms with Crippen LogP contribution in [-0.2, 0) is 31.2 Å². The van der Waals surface area contributed by atoms with Gasteiger partial charge in [-0.25, -0.2) is 18.3 Å². The number of benzene rings is 2. The first-order valence-corrected chi connectivity index (χ1v) is 14.5. The molecule has 3 atom stereocenters. The molecule has 3 aliphatic rings. The van der Waals surface area contributed by atoms with Crippen molar-refractivity contribution >= 4 is 23.6 Å². The van der Waals surface area contributed by atoms with Crippen LogP contribution in [0.3, 0.4) is 0 Å². The fourth-order valence-corrected chi connectivity index (χ4v) is 6.63. The largest absolute Gasteiger partial charge is 0.464 e. The fourth-order valence-electron chi connectivity index (χ4n) is 5.48. The van der Waals surface area contributed by atoms with Crippen molar-refractivity contribution in [3.63, 3.8) is 0 Å². The first kappa shape index (κ1) is 29.1. The summed E-state index contributed by atoms with van der Waals surface area (Å²) in [5.41, 5.74) is 5.27. The quantitative estimate of drug-likeness (QED) is 0.207. The van der Waals surface area contributed by atoms with Crippen molar-refractivity contribution in [2.75, 3.05) is 31.8 Å². The van der Waals surface area contributed by atoms with E-state index in [4.69, 9.17) is 18.9 Å². The molecule has 11 nitrogen and oxygen atoms in total. The Bertz CT molecular complexity index is 1680. The molecule has 1 fully saturated rings. The standard InChI is InChI=1S/C29H27F2N3O8S/c1-2-39-22(36)13-41-29(38)42-26-20(35)8-9-34-24(26)28(37)33-10-11-40-25(27(33)32-34)16-4-3-5-21-17(16)12-15-6-7-19(30)23(31)18(15)14-43-21/h3-9,25,27,29,32,38H,2,10-14H2,1H3/p+1/t25?,27-,29?/m0/s1. The van der Waals surface area contributed by atoms with Crippen LogP contribution in [-0.4, -0.2) is 70.3 Å². The number of carbonyl (C=O) groups excluding carboxylic acids is 1. The monoisotopic (exact) mass is 616 g/mol. The number of thioether (sulfide) groups is 1. The van der Waals surface area contributed by atoms with Gasteiger partial charge in [-0.2, -0.15) is 4.58 Å². The summed E-state index contributed by atoms with van der Waals surface area (Å²) in [7, 11) is 0. The highest BCUT2D eigenvalue weighted by Crippen LogP contribution is 2.41. The average Bonchev–Trinajstić information content (AvgIpc) is 3.19. The molecular weight excluding hydrogens is 588 g/mol. The number of rotatable bonds is 7. The molecule has 0 bridgehead atoms. The second kappa shape index (κ2) is 12.0. The van der Waals surface area contributed by atoms with E-state index in [0.717, 1.165) is 22.1 Å². The van der Waals surface area contributed by atoms with E-state index in [1.165, 1.54) is 28.7 Å². The zero-order valence-electron chi connectivity index (χ0n) is 22.9. The van der Waals surface area contributed by atoms with E-state index in [-0.39, 0.29) is 37.1 Å². The second-order valence-corrected chi connectivity index (χ2v) is 11.0. The van der Waals surface area contributed by atoms with Gasteiger partial charge >= 0.3 is 18.3 Å². The lowest BCUT2D eigenvalue weighted by molar-refractivity contribution is -0.602. The van der Waals surface area contributed by atoms with Crippen LogP contribution in [0.25, 0.3) is 0 Å². The van der Waals surface area contributed by atoms with E-state index < -0.39 is 54.1 Å². The van der Waals surface area contributed by atoms with Crippen LogP contribution in [0.15, 0.2) is 52.3 Å². The maximum Gasteiger partial charge on any atom is 0.392 e. The molecule has 0 radical (unpaired) electrons. The van der Waals surface area contributed by atoms with E-state index in [2.05, 4.69) is 5.43 Å². The number of nitrogens with zero attached hydrogens (tertiary/aromatic N) is 2. The Balaban J connectivity index is 1.33. The van der Waals surface area contributed by atoms with Crippen LogP contribution in [0.2, 0.25) is 0 Å². The Hall–Kier alpha value is -3.98. The molecule has 3 aromatic rings. The smallest absolute Gasteiger partial charge is 0.392 e. The van der Waals surface area contributed by atoms with Gasteiger partial charge in [0.15, 0.2) is 30.9 Å². The van der Waals surface area contributed by atoms with E-state index in [9.17, 15) is 28.6 Å². The highest BCUT2D eigenvalue weighted by molar-refractivity contribution is 7.98. The first-order valence-electron chi connectivity index (χ1n) is 13.6. The van der Waals surface area contributed by atoms with E-state index in [1.807, 2.05) is 18.2 Å². The van der Waals surface area contributed by atoms with Crippen molar-refractivity contribution in [2.24, 2.45) is 0 Å². The molecule has 14 heteroatoms. The van der Waals surface area contributed by atoms with Crippen molar-refractivity contribution in [3.05, 3.63) is 92.4 Å². The molecule has 3 N–H and O–H groups in total. The number of halogens is 2. The molecule has 6 rings (SSSR count). The Morgan fingerprint density at radius 3 is 2.91 bits per heavy atom. The van der Waals surface area contributed by atoms with Crippen LogP contribution in [0.5, 0.6) is 5.75 Å². The molecule has 0 saturated carbocycles. The number of pyridine rings is 1. The zero-order valence-corrected chi connectivity index (χ0v) is 23.7. The van der Waals surface area contributed by atoms with Gasteiger partial charge in [0.1, 0.15) is 6.61 Å². The summed E-state index contributed by atoms with van der Waals surface area (Å²) >= 11 is 1.42. The average molecular weight is 617 g/mol. The molecule has 226 valence electrons. The minimum Gasteiger partial charge on any atom is -0.464 e. The Labute approximate surface area is 248 Å². The molecule has 0 aliphatic carbocycles. The molecule has 3 aliphatic heterocycles. The first-order chi connectivity index (χ1) is 20.8. The van der Waals surface area contributed by atoms with E-state index in [0.29, 0.717) is 17.5 Å². The van der Waals surface area contributed by atoms with Crippen molar-refractivity contribution in [2.45, 2.75) is 42.7 Å². The molecule has 0 spiro atoms. The number of nitrogens with one attached hydrogen (secondary N) is 1. The summed E-state index contributed by atoms with van der Waals surface area (Å²) in [5, 5.41) is 21.6. The topological polar surface area (TPSA) is 131 Å². The maximum atomic E-state index is 14.7. The second-order valence-electron chi connectivity index (χ2n) is 9.94. The molecule has 43 heavy (non-hydrogen) atoms. The van der Waals surface area contributed by atoms with E-state index in [1.54, 1.807) is 17.6 Å². The number of morpholine rings is 1. The summed E-state index contributed by atoms with van der Waals surface area (Å²) in [6.45, 7) is -0.393. The molecule has 1 aromatic heterocycles. The zero-order chi connectivity index (χ0) is 30.2. The molecule has 2 unspecified atom stereocenters. The summed E-state index contributed by atoms with van der Waals surface area (Å²) in [6.07, 6.45) is 0.502. The molecule has 0 amide bonds. The van der Waals surface area contributed by atoms with E-state index >= 15 is 0 Å². The van der Waals surface area contributed by atoms with Crippen molar-refractivity contribution < 1.29 is 47.3 Å². The minimum absolute atomic E-state index is 0.0583. The third-order valence-corrected chi connectivity index (χ3v) is 8.56. The lowest BCUT2D eigenvalue weighted by Gasteiger charge is -2.35. The summed E-state index contributed by atoms with van der Waals surface area (Å²) in [6, 6.07) is 9.63. The number of fused-ring (bicyclic) bond motifs is 4. The number of aliphatic hydroxyl groups excluding tert-OH is 2. The number of hydrogen-bond acceptors (Lipinski definition) is 9. The molecule has 4 heterocycles. The lowest BCUT2D eigenvalue weighted by Crippen LogP contribution is -2.55. The van der Waals surface area contributed by atoms with Gasteiger partial charge in [-0.3, -0.25) is 10.2 Å². The summed E-state index contributed by atoms with van der Waals surface area (Å²) in [4.78, 5) is 25.2. The van der Waals surface area contributed by atoms with Gasteiger partial charge < -0.3 is 29.2 Å². The van der Waals surface area contributed by atoms with Gasteiger partial charge in [0.25, 0.3) is 6.17 Å². The number of ether oxygens (including phenoxy) is 4. The van der Waals surface area contributed by atoms with Gasteiger partial charge in [0.05, 0.1) is 6.61 Å². The lowest BCUT2D eigenvalue weighted by atomic mass is 9.92. The Morgan fingerprint density at radius 2 is 2.09 bits per heavy atom. The van der Waals surface area contributed by atoms with Crippen molar-refractivity contribution in [3.8, 4) is 5.75 Å². The SMILES string of the molecule is CCOC(=O)COC(O)Oc1c2n(ccc1=O)N[C@@H]1C(c3cccc4c3Cc3ccc(F)c(F)c3CS4)OCC[N+]1=C2O. The highest BCUT2D eigenvalue weighted by atomic mass is 32.2. The normalized spacial score (nSPS) is 19.6. The molecular formula is C29H28F2N3O8S+. The maximum absolute atomic E-state index is 14.7. The van der Waals surface area contributed by atoms with Gasteiger partial charge in [-0.15, -0.1) is 11.8 Å². The summed E-state index contributed by atoms with van der Waals surface area (Å²) < 4.78 is 52.9. The van der Waals surface area contributed by atoms with Gasteiger partial charge in [0, 0.05) is 28.5 Å². The van der Waals surface area contributed by atoms with Gasteiger partial charge in [-0.05, 0) is 42.2 Å². The number of aromatic nitrogens is 1. The Morgan fingerprint density at radius 1 is 1.26 bits per heavy atom. The number of carbonyl (C=O) groups is 1. The third-order valence-electron chi connectivity index (χ3n) is 7.44. The minimum atomic E-state index is -1.99.